The van der Waals surface area contributed by atoms with Crippen LogP contribution in [0.2, 0.25) is 0 Å². The minimum absolute atomic E-state index is 0.00306. The molecule has 30 heavy (non-hydrogen) atoms. The molecule has 0 aliphatic carbocycles. The zero-order chi connectivity index (χ0) is 21.4. The Morgan fingerprint density at radius 1 is 1.13 bits per heavy atom. The number of rotatable bonds is 4. The number of fused-ring (bicyclic) bond motifs is 1. The molecule has 0 spiro atoms. The third kappa shape index (κ3) is 3.54. The summed E-state index contributed by atoms with van der Waals surface area (Å²) in [4.78, 5) is 29.2. The largest absolute Gasteiger partial charge is 0.324 e. The highest BCUT2D eigenvalue weighted by Gasteiger charge is 2.17. The summed E-state index contributed by atoms with van der Waals surface area (Å²) in [5.74, 6) is -2.03. The summed E-state index contributed by atoms with van der Waals surface area (Å²) >= 11 is 0. The quantitative estimate of drug-likeness (QED) is 0.558. The highest BCUT2D eigenvalue weighted by Crippen LogP contribution is 2.18. The van der Waals surface area contributed by atoms with Gasteiger partial charge in [0.25, 0.3) is 5.56 Å². The van der Waals surface area contributed by atoms with Gasteiger partial charge in [0, 0.05) is 11.8 Å². The van der Waals surface area contributed by atoms with Gasteiger partial charge in [-0.25, -0.2) is 13.8 Å². The third-order valence-corrected chi connectivity index (χ3v) is 4.55. The van der Waals surface area contributed by atoms with Crippen molar-refractivity contribution in [1.29, 1.82) is 0 Å². The highest BCUT2D eigenvalue weighted by atomic mass is 19.1. The first-order valence-electron chi connectivity index (χ1n) is 8.97. The molecule has 0 unspecified atom stereocenters. The number of hydrogen-bond donors (Lipinski definition) is 1. The molecular formula is C20H16F2N6O2. The van der Waals surface area contributed by atoms with Gasteiger partial charge in [-0.1, -0.05) is 17.3 Å². The molecule has 0 radical (unpaired) electrons. The fourth-order valence-corrected chi connectivity index (χ4v) is 2.99. The van der Waals surface area contributed by atoms with Gasteiger partial charge in [0.2, 0.25) is 5.91 Å². The molecule has 0 bridgehead atoms. The molecule has 2 heterocycles. The Labute approximate surface area is 168 Å². The molecule has 0 saturated carbocycles. The topological polar surface area (TPSA) is 94.7 Å². The van der Waals surface area contributed by atoms with Crippen molar-refractivity contribution >= 4 is 22.8 Å². The SMILES string of the molecule is Cc1ccc(C)c(NC(=O)Cn2cnc3c(nnn3-c3ccc(F)cc3F)c2=O)c1. The van der Waals surface area contributed by atoms with Gasteiger partial charge in [0.05, 0.1) is 0 Å². The van der Waals surface area contributed by atoms with Crippen LogP contribution in [0.4, 0.5) is 14.5 Å². The van der Waals surface area contributed by atoms with E-state index in [4.69, 9.17) is 0 Å². The second-order valence-corrected chi connectivity index (χ2v) is 6.81. The van der Waals surface area contributed by atoms with Crippen molar-refractivity contribution < 1.29 is 13.6 Å². The molecule has 2 aromatic carbocycles. The molecule has 0 aliphatic heterocycles. The Hall–Kier alpha value is -3.95. The Bertz CT molecular complexity index is 1350. The fourth-order valence-electron chi connectivity index (χ4n) is 2.99. The van der Waals surface area contributed by atoms with E-state index in [0.717, 1.165) is 32.8 Å². The smallest absolute Gasteiger partial charge is 0.284 e. The molecule has 2 aromatic heterocycles. The van der Waals surface area contributed by atoms with E-state index < -0.39 is 23.1 Å². The van der Waals surface area contributed by atoms with Crippen molar-refractivity contribution in [2.24, 2.45) is 0 Å². The number of nitrogens with zero attached hydrogens (tertiary/aromatic N) is 5. The average Bonchev–Trinajstić information content (AvgIpc) is 3.11. The summed E-state index contributed by atoms with van der Waals surface area (Å²) < 4.78 is 29.3. The first kappa shape index (κ1) is 19.4. The summed E-state index contributed by atoms with van der Waals surface area (Å²) in [5, 5.41) is 10.3. The van der Waals surface area contributed by atoms with Crippen LogP contribution in [-0.2, 0) is 11.3 Å². The van der Waals surface area contributed by atoms with Crippen LogP contribution in [0.1, 0.15) is 11.1 Å². The minimum atomic E-state index is -0.874. The number of carbonyl (C=O) groups is 1. The van der Waals surface area contributed by atoms with Crippen molar-refractivity contribution in [3.8, 4) is 5.69 Å². The van der Waals surface area contributed by atoms with E-state index in [1.807, 2.05) is 32.0 Å². The maximum Gasteiger partial charge on any atom is 0.284 e. The fraction of sp³-hybridized carbons (Fsp3) is 0.150. The predicted octanol–water partition coefficient (Wildman–Crippen LogP) is 2.51. The molecule has 4 rings (SSSR count). The van der Waals surface area contributed by atoms with Crippen LogP contribution in [0.25, 0.3) is 16.9 Å². The molecule has 1 N–H and O–H groups in total. The Balaban J connectivity index is 1.64. The van der Waals surface area contributed by atoms with Crippen molar-refractivity contribution in [3.05, 3.63) is 75.8 Å². The summed E-state index contributed by atoms with van der Waals surface area (Å²) in [6, 6.07) is 8.58. The molecule has 8 nitrogen and oxygen atoms in total. The lowest BCUT2D eigenvalue weighted by molar-refractivity contribution is -0.116. The van der Waals surface area contributed by atoms with Gasteiger partial charge in [0.15, 0.2) is 17.0 Å². The monoisotopic (exact) mass is 410 g/mol. The van der Waals surface area contributed by atoms with Crippen LogP contribution in [0.5, 0.6) is 0 Å². The standard InChI is InChI=1S/C20H16F2N6O2/c1-11-3-4-12(2)15(7-11)24-17(29)9-27-10-23-19-18(20(27)30)25-26-28(19)16-6-5-13(21)8-14(16)22/h3-8,10H,9H2,1-2H3,(H,24,29). The van der Waals surface area contributed by atoms with Gasteiger partial charge in [-0.3, -0.25) is 14.2 Å². The Morgan fingerprint density at radius 2 is 1.93 bits per heavy atom. The predicted molar refractivity (Wildman–Crippen MR) is 105 cm³/mol. The third-order valence-electron chi connectivity index (χ3n) is 4.55. The number of aryl methyl sites for hydroxylation is 2. The summed E-state index contributed by atoms with van der Waals surface area (Å²) in [5.41, 5.74) is 1.68. The van der Waals surface area contributed by atoms with Crippen molar-refractivity contribution in [1.82, 2.24) is 24.5 Å². The summed E-state index contributed by atoms with van der Waals surface area (Å²) in [6.45, 7) is 3.49. The Morgan fingerprint density at radius 3 is 2.70 bits per heavy atom. The van der Waals surface area contributed by atoms with Crippen LogP contribution in [0.15, 0.2) is 47.5 Å². The van der Waals surface area contributed by atoms with Crippen LogP contribution >= 0.6 is 0 Å². The first-order valence-corrected chi connectivity index (χ1v) is 8.97. The average molecular weight is 410 g/mol. The van der Waals surface area contributed by atoms with Gasteiger partial charge < -0.3 is 5.32 Å². The second kappa shape index (κ2) is 7.47. The second-order valence-electron chi connectivity index (χ2n) is 6.81. The lowest BCUT2D eigenvalue weighted by atomic mass is 10.1. The van der Waals surface area contributed by atoms with Gasteiger partial charge >= 0.3 is 0 Å². The zero-order valence-corrected chi connectivity index (χ0v) is 16.1. The van der Waals surface area contributed by atoms with Gasteiger partial charge in [-0.2, -0.15) is 4.68 Å². The van der Waals surface area contributed by atoms with E-state index in [9.17, 15) is 18.4 Å². The lowest BCUT2D eigenvalue weighted by Gasteiger charge is -2.10. The molecule has 0 atom stereocenters. The molecular weight excluding hydrogens is 394 g/mol. The zero-order valence-electron chi connectivity index (χ0n) is 16.1. The molecule has 0 saturated heterocycles. The maximum atomic E-state index is 14.1. The number of halogens is 2. The Kier molecular flexibility index (Phi) is 4.82. The van der Waals surface area contributed by atoms with E-state index in [1.54, 1.807) is 0 Å². The van der Waals surface area contributed by atoms with Gasteiger partial charge in [-0.05, 0) is 43.2 Å². The van der Waals surface area contributed by atoms with E-state index in [2.05, 4.69) is 20.6 Å². The minimum Gasteiger partial charge on any atom is -0.324 e. The molecule has 0 fully saturated rings. The summed E-state index contributed by atoms with van der Waals surface area (Å²) in [6.07, 6.45) is 1.16. The lowest BCUT2D eigenvalue weighted by Crippen LogP contribution is -2.28. The number of nitrogens with one attached hydrogen (secondary N) is 1. The highest BCUT2D eigenvalue weighted by molar-refractivity contribution is 5.91. The van der Waals surface area contributed by atoms with Crippen LogP contribution < -0.4 is 10.9 Å². The number of amides is 1. The van der Waals surface area contributed by atoms with Crippen LogP contribution in [0, 0.1) is 25.5 Å². The van der Waals surface area contributed by atoms with Gasteiger partial charge in [0.1, 0.15) is 24.4 Å². The van der Waals surface area contributed by atoms with Crippen LogP contribution in [0.3, 0.4) is 0 Å². The number of anilines is 1. The molecule has 152 valence electrons. The summed E-state index contributed by atoms with van der Waals surface area (Å²) in [7, 11) is 0. The van der Waals surface area contributed by atoms with Crippen molar-refractivity contribution in [2.75, 3.05) is 5.32 Å². The maximum absolute atomic E-state index is 14.1. The van der Waals surface area contributed by atoms with E-state index in [-0.39, 0.29) is 23.4 Å². The van der Waals surface area contributed by atoms with E-state index in [1.165, 1.54) is 6.07 Å². The molecule has 4 aromatic rings. The number of benzene rings is 2. The van der Waals surface area contributed by atoms with E-state index in [0.29, 0.717) is 11.8 Å². The molecule has 10 heteroatoms. The number of carbonyl (C=O) groups excluding carboxylic acids is 1. The van der Waals surface area contributed by atoms with Crippen molar-refractivity contribution in [3.63, 3.8) is 0 Å². The van der Waals surface area contributed by atoms with Crippen molar-refractivity contribution in [2.45, 2.75) is 20.4 Å². The molecule has 1 amide bonds. The number of hydrogen-bond acceptors (Lipinski definition) is 5. The normalized spacial score (nSPS) is 11.1. The van der Waals surface area contributed by atoms with Gasteiger partial charge in [-0.15, -0.1) is 5.10 Å². The first-order chi connectivity index (χ1) is 14.3. The van der Waals surface area contributed by atoms with E-state index >= 15 is 0 Å². The molecule has 0 aliphatic rings. The number of aromatic nitrogens is 5. The van der Waals surface area contributed by atoms with Crippen LogP contribution in [-0.4, -0.2) is 30.5 Å².